The number of rotatable bonds is 9. The van der Waals surface area contributed by atoms with Gasteiger partial charge >= 0.3 is 0 Å². The van der Waals surface area contributed by atoms with Crippen molar-refractivity contribution in [3.8, 4) is 0 Å². The van der Waals surface area contributed by atoms with E-state index >= 15 is 0 Å². The first-order chi connectivity index (χ1) is 17.1. The van der Waals surface area contributed by atoms with E-state index in [1.54, 1.807) is 23.0 Å². The third-order valence-corrected chi connectivity index (χ3v) is 8.50. The summed E-state index contributed by atoms with van der Waals surface area (Å²) in [6, 6.07) is 9.97. The highest BCUT2D eigenvalue weighted by molar-refractivity contribution is 5.78. The van der Waals surface area contributed by atoms with Crippen LogP contribution in [0.15, 0.2) is 35.4 Å². The third kappa shape index (κ3) is 4.90. The molecular formula is C36H48. The minimum atomic E-state index is 0.542. The molecule has 0 aliphatic heterocycles. The lowest BCUT2D eigenvalue weighted by molar-refractivity contribution is 0.783. The van der Waals surface area contributed by atoms with Crippen molar-refractivity contribution in [2.24, 2.45) is 0 Å². The van der Waals surface area contributed by atoms with Gasteiger partial charge in [0.1, 0.15) is 0 Å². The minimum Gasteiger partial charge on any atom is -0.0616 e. The van der Waals surface area contributed by atoms with Gasteiger partial charge in [0.05, 0.1) is 0 Å². The molecule has 2 aliphatic carbocycles. The molecule has 36 heavy (non-hydrogen) atoms. The van der Waals surface area contributed by atoms with E-state index in [2.05, 4.69) is 106 Å². The fourth-order valence-electron chi connectivity index (χ4n) is 6.18. The second-order valence-electron chi connectivity index (χ2n) is 12.3. The molecule has 0 heteroatoms. The topological polar surface area (TPSA) is 0 Å². The Hall–Kier alpha value is -2.08. The summed E-state index contributed by atoms with van der Waals surface area (Å²) in [5.41, 5.74) is 15.1. The number of allylic oxidation sites excluding steroid dienone is 2. The zero-order valence-corrected chi connectivity index (χ0v) is 24.6. The molecule has 2 aliphatic rings. The second-order valence-corrected chi connectivity index (χ2v) is 12.3. The Kier molecular flexibility index (Phi) is 8.04. The fraction of sp³-hybridized carbons (Fsp3) is 0.500. The van der Waals surface area contributed by atoms with Gasteiger partial charge in [0.15, 0.2) is 0 Å². The van der Waals surface area contributed by atoms with Gasteiger partial charge in [-0.25, -0.2) is 0 Å². The van der Waals surface area contributed by atoms with Crippen molar-refractivity contribution in [3.05, 3.63) is 91.8 Å². The lowest BCUT2D eigenvalue weighted by Crippen LogP contribution is -2.09. The summed E-state index contributed by atoms with van der Waals surface area (Å²) in [4.78, 5) is 0. The highest BCUT2D eigenvalue weighted by Gasteiger charge is 2.33. The summed E-state index contributed by atoms with van der Waals surface area (Å²) in [6.45, 7) is 23.4. The average Bonchev–Trinajstić information content (AvgIpc) is 3.38. The van der Waals surface area contributed by atoms with Crippen LogP contribution in [0.5, 0.6) is 0 Å². The largest absolute Gasteiger partial charge is 0.0616 e. The van der Waals surface area contributed by atoms with E-state index in [9.17, 15) is 0 Å². The van der Waals surface area contributed by atoms with Crippen LogP contribution in [0, 0.1) is 11.8 Å². The van der Waals surface area contributed by atoms with Crippen molar-refractivity contribution in [1.29, 1.82) is 0 Å². The van der Waals surface area contributed by atoms with E-state index < -0.39 is 0 Å². The fourth-order valence-corrected chi connectivity index (χ4v) is 6.18. The van der Waals surface area contributed by atoms with Gasteiger partial charge in [0.25, 0.3) is 0 Å². The Morgan fingerprint density at radius 2 is 0.861 bits per heavy atom. The van der Waals surface area contributed by atoms with Crippen molar-refractivity contribution in [2.45, 2.75) is 119 Å². The minimum absolute atomic E-state index is 0.542. The van der Waals surface area contributed by atoms with Gasteiger partial charge in [-0.1, -0.05) is 117 Å². The predicted octanol–water partition coefficient (Wildman–Crippen LogP) is 11.1. The summed E-state index contributed by atoms with van der Waals surface area (Å²) in [5.74, 6) is 5.38. The van der Waals surface area contributed by atoms with Crippen LogP contribution in [0.25, 0.3) is 12.2 Å². The van der Waals surface area contributed by atoms with Crippen LogP contribution in [-0.2, 0) is 0 Å². The lowest BCUT2D eigenvalue weighted by Gasteiger charge is -2.23. The molecule has 0 fully saturated rings. The summed E-state index contributed by atoms with van der Waals surface area (Å²) in [6.07, 6.45) is 9.50. The van der Waals surface area contributed by atoms with Crippen molar-refractivity contribution in [1.82, 2.24) is 0 Å². The van der Waals surface area contributed by atoms with Crippen molar-refractivity contribution >= 4 is 12.2 Å². The first kappa shape index (κ1) is 27.0. The van der Waals surface area contributed by atoms with Crippen LogP contribution in [0.2, 0.25) is 0 Å². The monoisotopic (exact) mass is 480 g/mol. The van der Waals surface area contributed by atoms with E-state index in [1.165, 1.54) is 44.5 Å². The standard InChI is InChI=1S/C36H48/c1-11-25-15-35-31(23(7)8)17-27(21(3)4)19-33(35)29(25)13-14-30-26(12-2)16-36-32(24(9)10)18-28(22(5)6)20-34(30)36/h15-24H,11-14H2,1-10H3. The molecule has 192 valence electrons. The van der Waals surface area contributed by atoms with Gasteiger partial charge in [-0.05, 0) is 93.9 Å². The molecular weight excluding hydrogens is 432 g/mol. The molecule has 0 bridgehead atoms. The van der Waals surface area contributed by atoms with Crippen LogP contribution in [0.1, 0.15) is 163 Å². The maximum atomic E-state index is 2.52. The molecule has 0 atom stereocenters. The van der Waals surface area contributed by atoms with Crippen LogP contribution < -0.4 is 0 Å². The van der Waals surface area contributed by atoms with Gasteiger partial charge in [-0.3, -0.25) is 0 Å². The highest BCUT2D eigenvalue weighted by atomic mass is 14.4. The van der Waals surface area contributed by atoms with Crippen LogP contribution >= 0.6 is 0 Å². The zero-order valence-electron chi connectivity index (χ0n) is 24.6. The average molecular weight is 481 g/mol. The Morgan fingerprint density at radius 3 is 1.14 bits per heavy atom. The Labute approximate surface area is 222 Å². The summed E-state index contributed by atoms with van der Waals surface area (Å²) in [5, 5.41) is 0. The van der Waals surface area contributed by atoms with E-state index in [0.29, 0.717) is 23.7 Å². The highest BCUT2D eigenvalue weighted by Crippen LogP contribution is 2.49. The second kappa shape index (κ2) is 10.7. The van der Waals surface area contributed by atoms with E-state index in [1.807, 2.05) is 0 Å². The van der Waals surface area contributed by atoms with Crippen LogP contribution in [0.4, 0.5) is 0 Å². The predicted molar refractivity (Wildman–Crippen MR) is 160 cm³/mol. The van der Waals surface area contributed by atoms with Gasteiger partial charge in [-0.2, -0.15) is 0 Å². The first-order valence-electron chi connectivity index (χ1n) is 14.6. The molecule has 2 aromatic carbocycles. The Bertz CT molecular complexity index is 1070. The Balaban J connectivity index is 1.72. The molecule has 0 aromatic heterocycles. The molecule has 0 N–H and O–H groups in total. The number of hydrogen-bond acceptors (Lipinski definition) is 0. The summed E-state index contributed by atoms with van der Waals surface area (Å²) < 4.78 is 0. The Morgan fingerprint density at radius 1 is 0.500 bits per heavy atom. The number of hydrogen-bond donors (Lipinski definition) is 0. The molecule has 4 rings (SSSR count). The first-order valence-corrected chi connectivity index (χ1v) is 14.6. The van der Waals surface area contributed by atoms with Gasteiger partial charge in [0.2, 0.25) is 0 Å². The molecule has 2 aromatic rings. The molecule has 0 heterocycles. The summed E-state index contributed by atoms with van der Waals surface area (Å²) in [7, 11) is 0. The van der Waals surface area contributed by atoms with Crippen LogP contribution in [-0.4, -0.2) is 0 Å². The van der Waals surface area contributed by atoms with Crippen molar-refractivity contribution in [2.75, 3.05) is 0 Å². The zero-order chi connectivity index (χ0) is 26.3. The normalized spacial score (nSPS) is 15.9. The van der Waals surface area contributed by atoms with Crippen molar-refractivity contribution in [3.63, 3.8) is 0 Å². The molecule has 0 spiro atoms. The van der Waals surface area contributed by atoms with Crippen LogP contribution in [0.3, 0.4) is 0 Å². The molecule has 0 saturated heterocycles. The van der Waals surface area contributed by atoms with Gasteiger partial charge in [-0.15, -0.1) is 0 Å². The quantitative estimate of drug-likeness (QED) is 0.335. The van der Waals surface area contributed by atoms with E-state index in [-0.39, 0.29) is 0 Å². The summed E-state index contributed by atoms with van der Waals surface area (Å²) >= 11 is 0. The van der Waals surface area contributed by atoms with Gasteiger partial charge < -0.3 is 0 Å². The third-order valence-electron chi connectivity index (χ3n) is 8.50. The molecule has 0 unspecified atom stereocenters. The maximum Gasteiger partial charge on any atom is 0.0305 e. The smallest absolute Gasteiger partial charge is 0.0305 e. The molecule has 2 radical (unpaired) electrons. The van der Waals surface area contributed by atoms with E-state index in [0.717, 1.165) is 25.7 Å². The maximum absolute atomic E-state index is 2.52. The number of benzene rings is 2. The molecule has 0 saturated carbocycles. The number of fused-ring (bicyclic) bond motifs is 2. The van der Waals surface area contributed by atoms with E-state index in [4.69, 9.17) is 0 Å². The molecule has 0 nitrogen and oxygen atoms in total. The molecule has 0 amide bonds. The lowest BCUT2D eigenvalue weighted by atomic mass is 9.80. The van der Waals surface area contributed by atoms with Gasteiger partial charge in [0, 0.05) is 11.8 Å². The SMILES string of the molecule is CCC1=Cc2c(cc(C(C)C)cc2C(C)C)[C]1CC[C]1C(CC)=Cc2c1cc(C(C)C)cc2C(C)C. The van der Waals surface area contributed by atoms with Crippen molar-refractivity contribution < 1.29 is 0 Å².